The number of hydrogen-bond acceptors (Lipinski definition) is 8. The summed E-state index contributed by atoms with van der Waals surface area (Å²) in [5, 5.41) is 0. The lowest BCUT2D eigenvalue weighted by Crippen LogP contribution is -2.48. The van der Waals surface area contributed by atoms with Crippen LogP contribution < -0.4 is 14.7 Å². The molecule has 1 aromatic carbocycles. The molecule has 0 radical (unpaired) electrons. The van der Waals surface area contributed by atoms with E-state index in [0.29, 0.717) is 75.8 Å². The number of nitrogens with zero attached hydrogens (tertiary/aromatic N) is 7. The van der Waals surface area contributed by atoms with E-state index in [-0.39, 0.29) is 5.82 Å². The van der Waals surface area contributed by atoms with Crippen molar-refractivity contribution in [2.75, 3.05) is 67.2 Å². The van der Waals surface area contributed by atoms with Crippen molar-refractivity contribution in [3.8, 4) is 11.4 Å². The van der Waals surface area contributed by atoms with Gasteiger partial charge in [-0.15, -0.1) is 0 Å². The summed E-state index contributed by atoms with van der Waals surface area (Å²) in [6.45, 7) is 3.72. The van der Waals surface area contributed by atoms with Crippen LogP contribution in [0.5, 0.6) is 0 Å². The van der Waals surface area contributed by atoms with Crippen molar-refractivity contribution >= 4 is 17.7 Å². The van der Waals surface area contributed by atoms with Gasteiger partial charge < -0.3 is 19.4 Å². The summed E-state index contributed by atoms with van der Waals surface area (Å²) in [7, 11) is 0. The van der Waals surface area contributed by atoms with Gasteiger partial charge in [-0.25, -0.2) is 9.37 Å². The number of piperazine rings is 1. The van der Waals surface area contributed by atoms with E-state index >= 15 is 0 Å². The van der Waals surface area contributed by atoms with Crippen LogP contribution >= 0.6 is 0 Å². The Kier molecular flexibility index (Phi) is 6.37. The fourth-order valence-electron chi connectivity index (χ4n) is 4.15. The van der Waals surface area contributed by atoms with E-state index < -0.39 is 17.6 Å². The van der Waals surface area contributed by atoms with Crippen LogP contribution in [0, 0.1) is 5.82 Å². The molecule has 2 aliphatic rings. The zero-order valence-electron chi connectivity index (χ0n) is 18.7. The van der Waals surface area contributed by atoms with Crippen LogP contribution in [0.1, 0.15) is 5.56 Å². The van der Waals surface area contributed by atoms with Crippen molar-refractivity contribution in [1.82, 2.24) is 19.9 Å². The van der Waals surface area contributed by atoms with Crippen molar-refractivity contribution in [2.24, 2.45) is 0 Å². The Morgan fingerprint density at radius 2 is 1.43 bits per heavy atom. The van der Waals surface area contributed by atoms with Crippen LogP contribution in [0.15, 0.2) is 42.6 Å². The molecule has 2 aromatic heterocycles. The third-order valence-corrected chi connectivity index (χ3v) is 5.94. The molecule has 0 saturated carbocycles. The van der Waals surface area contributed by atoms with Crippen LogP contribution in [0.2, 0.25) is 0 Å². The van der Waals surface area contributed by atoms with Gasteiger partial charge in [-0.2, -0.15) is 28.1 Å². The molecular weight excluding hydrogens is 466 g/mol. The molecule has 3 aromatic rings. The van der Waals surface area contributed by atoms with Gasteiger partial charge >= 0.3 is 6.18 Å². The molecule has 35 heavy (non-hydrogen) atoms. The zero-order valence-corrected chi connectivity index (χ0v) is 18.7. The van der Waals surface area contributed by atoms with Crippen molar-refractivity contribution < 1.29 is 22.3 Å². The fourth-order valence-corrected chi connectivity index (χ4v) is 4.15. The normalized spacial score (nSPS) is 17.1. The number of rotatable bonds is 4. The Morgan fingerprint density at radius 1 is 0.771 bits per heavy atom. The molecule has 12 heteroatoms. The minimum absolute atomic E-state index is 0.0789. The number of hydrogen-bond donors (Lipinski definition) is 0. The number of morpholine rings is 1. The van der Waals surface area contributed by atoms with E-state index in [1.165, 1.54) is 24.4 Å². The summed E-state index contributed by atoms with van der Waals surface area (Å²) in [6.07, 6.45) is -3.12. The largest absolute Gasteiger partial charge is 0.419 e. The van der Waals surface area contributed by atoms with Crippen LogP contribution in [-0.4, -0.2) is 72.4 Å². The van der Waals surface area contributed by atoms with E-state index in [9.17, 15) is 17.6 Å². The number of benzene rings is 1. The SMILES string of the molecule is Fc1cccc(-c2nc(N3CCOCC3)nc(N3CCN(c4ncccc4C(F)(F)F)CC3)n2)c1. The minimum atomic E-state index is -4.48. The lowest BCUT2D eigenvalue weighted by molar-refractivity contribution is -0.137. The smallest absolute Gasteiger partial charge is 0.378 e. The van der Waals surface area contributed by atoms with Gasteiger partial charge in [0.15, 0.2) is 5.82 Å². The topological polar surface area (TPSA) is 70.5 Å². The van der Waals surface area contributed by atoms with Crippen molar-refractivity contribution in [3.05, 3.63) is 54.0 Å². The molecule has 2 fully saturated rings. The van der Waals surface area contributed by atoms with Gasteiger partial charge in [-0.1, -0.05) is 12.1 Å². The molecule has 2 aliphatic heterocycles. The Morgan fingerprint density at radius 3 is 2.09 bits per heavy atom. The predicted molar refractivity (Wildman–Crippen MR) is 122 cm³/mol. The first-order valence-corrected chi connectivity index (χ1v) is 11.3. The van der Waals surface area contributed by atoms with Gasteiger partial charge in [0.05, 0.1) is 18.8 Å². The van der Waals surface area contributed by atoms with Crippen LogP contribution in [0.4, 0.5) is 35.3 Å². The first kappa shape index (κ1) is 23.2. The number of anilines is 3. The summed E-state index contributed by atoms with van der Waals surface area (Å²) in [4.78, 5) is 23.3. The highest BCUT2D eigenvalue weighted by Gasteiger charge is 2.36. The number of aromatic nitrogens is 4. The van der Waals surface area contributed by atoms with Crippen LogP contribution in [0.3, 0.4) is 0 Å². The monoisotopic (exact) mass is 489 g/mol. The molecule has 4 heterocycles. The summed E-state index contributed by atoms with van der Waals surface area (Å²) in [5.41, 5.74) is -0.235. The van der Waals surface area contributed by atoms with Crippen LogP contribution in [-0.2, 0) is 10.9 Å². The standard InChI is InChI=1S/C23H23F4N7O/c24-17-4-1-3-16(15-17)19-29-21(31-22(30-19)34-11-13-35-14-12-34)33-9-7-32(8-10-33)20-18(23(25,26)27)5-2-6-28-20/h1-6,15H,7-14H2. The quantitative estimate of drug-likeness (QED) is 0.518. The second kappa shape index (κ2) is 9.61. The van der Waals surface area contributed by atoms with Crippen LogP contribution in [0.25, 0.3) is 11.4 Å². The summed E-state index contributed by atoms with van der Waals surface area (Å²) in [6, 6.07) is 8.35. The van der Waals surface area contributed by atoms with E-state index in [1.54, 1.807) is 17.0 Å². The molecule has 0 amide bonds. The average molecular weight is 489 g/mol. The molecular formula is C23H23F4N7O. The second-order valence-corrected chi connectivity index (χ2v) is 8.22. The Hall–Kier alpha value is -3.54. The van der Waals surface area contributed by atoms with Crippen molar-refractivity contribution in [2.45, 2.75) is 6.18 Å². The Balaban J connectivity index is 1.42. The molecule has 0 aliphatic carbocycles. The third kappa shape index (κ3) is 5.11. The predicted octanol–water partition coefficient (Wildman–Crippen LogP) is 3.25. The number of halogens is 4. The Labute approximate surface area is 199 Å². The molecule has 2 saturated heterocycles. The van der Waals surface area contributed by atoms with E-state index in [4.69, 9.17) is 4.74 Å². The molecule has 8 nitrogen and oxygen atoms in total. The number of pyridine rings is 1. The van der Waals surface area contributed by atoms with Gasteiger partial charge in [-0.05, 0) is 24.3 Å². The van der Waals surface area contributed by atoms with Gasteiger partial charge in [-0.3, -0.25) is 0 Å². The van der Waals surface area contributed by atoms with Gasteiger partial charge in [0.25, 0.3) is 0 Å². The molecule has 0 bridgehead atoms. The molecule has 0 unspecified atom stereocenters. The summed E-state index contributed by atoms with van der Waals surface area (Å²) < 4.78 is 59.7. The molecule has 0 atom stereocenters. The first-order valence-electron chi connectivity index (χ1n) is 11.3. The summed E-state index contributed by atoms with van der Waals surface area (Å²) >= 11 is 0. The first-order chi connectivity index (χ1) is 16.9. The van der Waals surface area contributed by atoms with Crippen molar-refractivity contribution in [3.63, 3.8) is 0 Å². The highest BCUT2D eigenvalue weighted by Crippen LogP contribution is 2.35. The molecule has 5 rings (SSSR count). The highest BCUT2D eigenvalue weighted by atomic mass is 19.4. The minimum Gasteiger partial charge on any atom is -0.378 e. The third-order valence-electron chi connectivity index (χ3n) is 5.94. The maximum absolute atomic E-state index is 13.9. The highest BCUT2D eigenvalue weighted by molar-refractivity contribution is 5.59. The fraction of sp³-hybridized carbons (Fsp3) is 0.391. The van der Waals surface area contributed by atoms with Gasteiger partial charge in [0.2, 0.25) is 11.9 Å². The molecule has 0 spiro atoms. The van der Waals surface area contributed by atoms with Crippen molar-refractivity contribution in [1.29, 1.82) is 0 Å². The molecule has 184 valence electrons. The maximum Gasteiger partial charge on any atom is 0.419 e. The number of ether oxygens (including phenoxy) is 1. The molecule has 0 N–H and O–H groups in total. The zero-order chi connectivity index (χ0) is 24.4. The average Bonchev–Trinajstić information content (AvgIpc) is 2.88. The Bertz CT molecular complexity index is 1180. The van der Waals surface area contributed by atoms with Gasteiger partial charge in [0.1, 0.15) is 11.6 Å². The summed E-state index contributed by atoms with van der Waals surface area (Å²) in [5.74, 6) is 0.718. The maximum atomic E-state index is 13.9. The van der Waals surface area contributed by atoms with E-state index in [0.717, 1.165) is 6.07 Å². The second-order valence-electron chi connectivity index (χ2n) is 8.22. The lowest BCUT2D eigenvalue weighted by Gasteiger charge is -2.36. The number of alkyl halides is 3. The van der Waals surface area contributed by atoms with Gasteiger partial charge in [0, 0.05) is 51.0 Å². The van der Waals surface area contributed by atoms with E-state index in [1.807, 2.05) is 9.80 Å². The lowest BCUT2D eigenvalue weighted by atomic mass is 10.2. The van der Waals surface area contributed by atoms with E-state index in [2.05, 4.69) is 19.9 Å².